The molecule has 2 aromatic rings. The quantitative estimate of drug-likeness (QED) is 0.880. The van der Waals surface area contributed by atoms with E-state index in [1.807, 2.05) is 12.3 Å². The predicted octanol–water partition coefficient (Wildman–Crippen LogP) is 2.49. The summed E-state index contributed by atoms with van der Waals surface area (Å²) in [4.78, 5) is 2.49. The molecule has 0 radical (unpaired) electrons. The van der Waals surface area contributed by atoms with Crippen LogP contribution in [-0.2, 0) is 13.1 Å². The van der Waals surface area contributed by atoms with Crippen LogP contribution in [0.4, 0.5) is 0 Å². The Morgan fingerprint density at radius 2 is 2.06 bits per heavy atom. The van der Waals surface area contributed by atoms with E-state index >= 15 is 0 Å². The highest BCUT2D eigenvalue weighted by atomic mass is 16.3. The molecule has 0 atom stereocenters. The third-order valence-corrected chi connectivity index (χ3v) is 3.55. The minimum atomic E-state index is 0.568. The van der Waals surface area contributed by atoms with Crippen molar-refractivity contribution in [3.63, 3.8) is 0 Å². The van der Waals surface area contributed by atoms with Crippen LogP contribution in [0.25, 0.3) is 11.0 Å². The van der Waals surface area contributed by atoms with Gasteiger partial charge in [-0.3, -0.25) is 4.90 Å². The van der Waals surface area contributed by atoms with Crippen molar-refractivity contribution in [3.8, 4) is 0 Å². The Bertz CT molecular complexity index is 512. The summed E-state index contributed by atoms with van der Waals surface area (Å²) in [6.45, 7) is 4.01. The fourth-order valence-corrected chi connectivity index (χ4v) is 2.56. The lowest BCUT2D eigenvalue weighted by atomic mass is 10.1. The molecule has 0 unspecified atom stereocenters. The molecule has 0 amide bonds. The lowest BCUT2D eigenvalue weighted by Gasteiger charge is -2.12. The average molecular weight is 230 g/mol. The van der Waals surface area contributed by atoms with E-state index in [1.54, 1.807) is 0 Å². The van der Waals surface area contributed by atoms with E-state index in [0.29, 0.717) is 6.54 Å². The standard InChI is InChI=1S/C14H18N2O/c15-8-11-3-4-13-12(10-17-14(13)7-11)9-16-5-1-2-6-16/h3-4,7,10H,1-2,5-6,8-9,15H2. The first-order chi connectivity index (χ1) is 8.36. The van der Waals surface area contributed by atoms with E-state index in [0.717, 1.165) is 17.7 Å². The Hall–Kier alpha value is -1.32. The summed E-state index contributed by atoms with van der Waals surface area (Å²) in [5, 5.41) is 1.23. The van der Waals surface area contributed by atoms with Crippen molar-refractivity contribution in [1.82, 2.24) is 4.90 Å². The Labute approximate surface area is 101 Å². The summed E-state index contributed by atoms with van der Waals surface area (Å²) in [5.74, 6) is 0. The molecule has 1 aromatic heterocycles. The van der Waals surface area contributed by atoms with Gasteiger partial charge in [-0.1, -0.05) is 12.1 Å². The van der Waals surface area contributed by atoms with Crippen LogP contribution in [-0.4, -0.2) is 18.0 Å². The van der Waals surface area contributed by atoms with Crippen LogP contribution < -0.4 is 5.73 Å². The van der Waals surface area contributed by atoms with Gasteiger partial charge < -0.3 is 10.2 Å². The van der Waals surface area contributed by atoms with Crippen LogP contribution in [0.1, 0.15) is 24.0 Å². The van der Waals surface area contributed by atoms with Crippen LogP contribution in [0.15, 0.2) is 28.9 Å². The molecular weight excluding hydrogens is 212 g/mol. The van der Waals surface area contributed by atoms with Crippen molar-refractivity contribution in [3.05, 3.63) is 35.6 Å². The summed E-state index contributed by atoms with van der Waals surface area (Å²) >= 11 is 0. The maximum absolute atomic E-state index is 5.63. The first-order valence-electron chi connectivity index (χ1n) is 6.28. The Balaban J connectivity index is 1.89. The van der Waals surface area contributed by atoms with Gasteiger partial charge in [0.15, 0.2) is 0 Å². The second kappa shape index (κ2) is 4.51. The summed E-state index contributed by atoms with van der Waals surface area (Å²) < 4.78 is 5.62. The summed E-state index contributed by atoms with van der Waals surface area (Å²) in [6.07, 6.45) is 4.55. The lowest BCUT2D eigenvalue weighted by molar-refractivity contribution is 0.331. The number of hydrogen-bond donors (Lipinski definition) is 1. The third kappa shape index (κ3) is 2.08. The van der Waals surface area contributed by atoms with Crippen LogP contribution in [0.5, 0.6) is 0 Å². The number of nitrogens with zero attached hydrogens (tertiary/aromatic N) is 1. The van der Waals surface area contributed by atoms with Gasteiger partial charge in [0, 0.05) is 24.0 Å². The van der Waals surface area contributed by atoms with Crippen LogP contribution in [0, 0.1) is 0 Å². The van der Waals surface area contributed by atoms with Gasteiger partial charge in [-0.25, -0.2) is 0 Å². The predicted molar refractivity (Wildman–Crippen MR) is 68.6 cm³/mol. The molecule has 1 aliphatic heterocycles. The summed E-state index contributed by atoms with van der Waals surface area (Å²) in [7, 11) is 0. The molecule has 2 N–H and O–H groups in total. The molecule has 1 aliphatic rings. The zero-order chi connectivity index (χ0) is 11.7. The van der Waals surface area contributed by atoms with Crippen molar-refractivity contribution < 1.29 is 4.42 Å². The molecule has 0 saturated carbocycles. The maximum atomic E-state index is 5.63. The zero-order valence-corrected chi connectivity index (χ0v) is 9.98. The molecule has 0 spiro atoms. The second-order valence-corrected chi connectivity index (χ2v) is 4.78. The summed E-state index contributed by atoms with van der Waals surface area (Å²) in [6, 6.07) is 6.26. The van der Waals surface area contributed by atoms with Crippen LogP contribution in [0.3, 0.4) is 0 Å². The Kier molecular flexibility index (Phi) is 2.87. The van der Waals surface area contributed by atoms with Crippen molar-refractivity contribution >= 4 is 11.0 Å². The molecule has 2 heterocycles. The fourth-order valence-electron chi connectivity index (χ4n) is 2.56. The molecule has 3 heteroatoms. The smallest absolute Gasteiger partial charge is 0.134 e. The lowest BCUT2D eigenvalue weighted by Crippen LogP contribution is -2.17. The number of rotatable bonds is 3. The molecule has 0 aliphatic carbocycles. The highest BCUT2D eigenvalue weighted by Gasteiger charge is 2.14. The monoisotopic (exact) mass is 230 g/mol. The molecule has 3 rings (SSSR count). The zero-order valence-electron chi connectivity index (χ0n) is 9.98. The number of fused-ring (bicyclic) bond motifs is 1. The molecular formula is C14H18N2O. The van der Waals surface area contributed by atoms with Gasteiger partial charge in [0.25, 0.3) is 0 Å². The van der Waals surface area contributed by atoms with E-state index in [4.69, 9.17) is 10.2 Å². The van der Waals surface area contributed by atoms with Crippen LogP contribution >= 0.6 is 0 Å². The number of nitrogens with two attached hydrogens (primary N) is 1. The minimum Gasteiger partial charge on any atom is -0.464 e. The highest BCUT2D eigenvalue weighted by Crippen LogP contribution is 2.24. The Morgan fingerprint density at radius 1 is 1.24 bits per heavy atom. The van der Waals surface area contributed by atoms with Gasteiger partial charge in [-0.05, 0) is 37.6 Å². The Morgan fingerprint density at radius 3 is 2.82 bits per heavy atom. The van der Waals surface area contributed by atoms with E-state index in [1.165, 1.54) is 36.9 Å². The number of benzene rings is 1. The normalized spacial score (nSPS) is 17.0. The molecule has 3 nitrogen and oxygen atoms in total. The van der Waals surface area contributed by atoms with Crippen molar-refractivity contribution in [2.24, 2.45) is 5.73 Å². The second-order valence-electron chi connectivity index (χ2n) is 4.78. The number of hydrogen-bond acceptors (Lipinski definition) is 3. The largest absolute Gasteiger partial charge is 0.464 e. The molecule has 1 fully saturated rings. The molecule has 1 aromatic carbocycles. The first kappa shape index (κ1) is 10.8. The minimum absolute atomic E-state index is 0.568. The van der Waals surface area contributed by atoms with E-state index in [9.17, 15) is 0 Å². The van der Waals surface area contributed by atoms with E-state index in [-0.39, 0.29) is 0 Å². The van der Waals surface area contributed by atoms with Gasteiger partial charge in [0.1, 0.15) is 5.58 Å². The number of likely N-dealkylation sites (tertiary alicyclic amines) is 1. The molecule has 0 bridgehead atoms. The molecule has 1 saturated heterocycles. The van der Waals surface area contributed by atoms with Gasteiger partial charge >= 0.3 is 0 Å². The fraction of sp³-hybridized carbons (Fsp3) is 0.429. The number of furan rings is 1. The van der Waals surface area contributed by atoms with Crippen molar-refractivity contribution in [2.45, 2.75) is 25.9 Å². The highest BCUT2D eigenvalue weighted by molar-refractivity contribution is 5.81. The van der Waals surface area contributed by atoms with Gasteiger partial charge in [0.05, 0.1) is 6.26 Å². The third-order valence-electron chi connectivity index (χ3n) is 3.55. The molecule has 17 heavy (non-hydrogen) atoms. The SMILES string of the molecule is NCc1ccc2c(CN3CCCC3)coc2c1. The van der Waals surface area contributed by atoms with E-state index in [2.05, 4.69) is 17.0 Å². The molecule has 90 valence electrons. The first-order valence-corrected chi connectivity index (χ1v) is 6.28. The van der Waals surface area contributed by atoms with Gasteiger partial charge in [-0.15, -0.1) is 0 Å². The van der Waals surface area contributed by atoms with E-state index < -0.39 is 0 Å². The van der Waals surface area contributed by atoms with Crippen LogP contribution in [0.2, 0.25) is 0 Å². The summed E-state index contributed by atoms with van der Waals surface area (Å²) in [5.41, 5.74) is 9.01. The average Bonchev–Trinajstić information content (AvgIpc) is 2.99. The van der Waals surface area contributed by atoms with Crippen molar-refractivity contribution in [2.75, 3.05) is 13.1 Å². The van der Waals surface area contributed by atoms with Crippen molar-refractivity contribution in [1.29, 1.82) is 0 Å². The maximum Gasteiger partial charge on any atom is 0.134 e. The topological polar surface area (TPSA) is 42.4 Å². The van der Waals surface area contributed by atoms with Gasteiger partial charge in [0.2, 0.25) is 0 Å². The van der Waals surface area contributed by atoms with Gasteiger partial charge in [-0.2, -0.15) is 0 Å².